The summed E-state index contributed by atoms with van der Waals surface area (Å²) in [5, 5.41) is 15.5. The van der Waals surface area contributed by atoms with Crippen molar-refractivity contribution in [3.05, 3.63) is 52.7 Å². The molecule has 0 aliphatic carbocycles. The van der Waals surface area contributed by atoms with Gasteiger partial charge in [0.1, 0.15) is 4.88 Å². The number of thiazole rings is 1. The standard InChI is InChI=1S/C18H20N6OS/c25-18(16-12-20-17(26-16)11-13-5-7-19-8-6-13)23-14-1-3-15(4-2-14)24-21-9-10-22-24/h1-4,9-10,12-13,19H,5-8,11H2,(H,23,25). The number of anilines is 1. The molecule has 1 aliphatic rings. The summed E-state index contributed by atoms with van der Waals surface area (Å²) < 4.78 is 0. The van der Waals surface area contributed by atoms with Crippen LogP contribution in [-0.4, -0.2) is 39.0 Å². The van der Waals surface area contributed by atoms with Gasteiger partial charge in [-0.15, -0.1) is 11.3 Å². The Morgan fingerprint density at radius 3 is 2.65 bits per heavy atom. The van der Waals surface area contributed by atoms with E-state index in [1.165, 1.54) is 29.0 Å². The van der Waals surface area contributed by atoms with Crippen LogP contribution in [0.2, 0.25) is 0 Å². The molecule has 0 atom stereocenters. The first kappa shape index (κ1) is 16.9. The van der Waals surface area contributed by atoms with Crippen LogP contribution in [0.3, 0.4) is 0 Å². The topological polar surface area (TPSA) is 84.7 Å². The molecule has 1 saturated heterocycles. The van der Waals surface area contributed by atoms with Crippen LogP contribution in [0.5, 0.6) is 0 Å². The molecule has 4 rings (SSSR count). The van der Waals surface area contributed by atoms with Crippen LogP contribution in [0.15, 0.2) is 42.9 Å². The SMILES string of the molecule is O=C(Nc1ccc(-n2nccn2)cc1)c1cnc(CC2CCNCC2)s1. The lowest BCUT2D eigenvalue weighted by molar-refractivity contribution is 0.103. The van der Waals surface area contributed by atoms with Crippen molar-refractivity contribution in [3.8, 4) is 5.69 Å². The van der Waals surface area contributed by atoms with E-state index < -0.39 is 0 Å². The number of carbonyl (C=O) groups is 1. The first-order valence-electron chi connectivity index (χ1n) is 8.71. The summed E-state index contributed by atoms with van der Waals surface area (Å²) in [7, 11) is 0. The molecule has 1 amide bonds. The summed E-state index contributed by atoms with van der Waals surface area (Å²) in [5.41, 5.74) is 1.58. The smallest absolute Gasteiger partial charge is 0.267 e. The third-order valence-electron chi connectivity index (χ3n) is 4.47. The summed E-state index contributed by atoms with van der Waals surface area (Å²) in [5.74, 6) is 0.547. The quantitative estimate of drug-likeness (QED) is 0.723. The fourth-order valence-electron chi connectivity index (χ4n) is 3.06. The normalized spacial score (nSPS) is 15.1. The Morgan fingerprint density at radius 2 is 1.92 bits per heavy atom. The second-order valence-corrected chi connectivity index (χ2v) is 7.45. The van der Waals surface area contributed by atoms with Crippen LogP contribution in [0.25, 0.3) is 5.69 Å². The Bertz CT molecular complexity index is 852. The number of rotatable bonds is 5. The van der Waals surface area contributed by atoms with Crippen LogP contribution < -0.4 is 10.6 Å². The van der Waals surface area contributed by atoms with Gasteiger partial charge in [0.2, 0.25) is 0 Å². The van der Waals surface area contributed by atoms with E-state index in [1.54, 1.807) is 18.6 Å². The fourth-order valence-corrected chi connectivity index (χ4v) is 3.99. The Morgan fingerprint density at radius 1 is 1.19 bits per heavy atom. The number of hydrogen-bond acceptors (Lipinski definition) is 6. The average Bonchev–Trinajstić information content (AvgIpc) is 3.35. The van der Waals surface area contributed by atoms with Crippen molar-refractivity contribution in [2.75, 3.05) is 18.4 Å². The maximum absolute atomic E-state index is 12.5. The minimum absolute atomic E-state index is 0.121. The summed E-state index contributed by atoms with van der Waals surface area (Å²) in [6.07, 6.45) is 8.25. The van der Waals surface area contributed by atoms with E-state index in [-0.39, 0.29) is 5.91 Å². The molecule has 0 unspecified atom stereocenters. The Kier molecular flexibility index (Phi) is 5.03. The van der Waals surface area contributed by atoms with Crippen LogP contribution >= 0.6 is 11.3 Å². The summed E-state index contributed by atoms with van der Waals surface area (Å²) in [6.45, 7) is 2.15. The maximum atomic E-state index is 12.5. The van der Waals surface area contributed by atoms with E-state index in [9.17, 15) is 4.79 Å². The zero-order valence-electron chi connectivity index (χ0n) is 14.3. The van der Waals surface area contributed by atoms with E-state index in [1.807, 2.05) is 24.3 Å². The van der Waals surface area contributed by atoms with Crippen molar-refractivity contribution in [2.45, 2.75) is 19.3 Å². The van der Waals surface area contributed by atoms with E-state index >= 15 is 0 Å². The minimum atomic E-state index is -0.121. The highest BCUT2D eigenvalue weighted by molar-refractivity contribution is 7.13. The molecule has 8 heteroatoms. The zero-order valence-corrected chi connectivity index (χ0v) is 15.1. The molecule has 7 nitrogen and oxygen atoms in total. The first-order valence-corrected chi connectivity index (χ1v) is 9.53. The average molecular weight is 368 g/mol. The summed E-state index contributed by atoms with van der Waals surface area (Å²) in [6, 6.07) is 7.41. The van der Waals surface area contributed by atoms with Crippen molar-refractivity contribution >= 4 is 22.9 Å². The van der Waals surface area contributed by atoms with Gasteiger partial charge in [-0.3, -0.25) is 4.79 Å². The molecule has 3 aromatic rings. The van der Waals surface area contributed by atoms with Crippen molar-refractivity contribution in [2.24, 2.45) is 5.92 Å². The lowest BCUT2D eigenvalue weighted by atomic mass is 9.95. The molecule has 0 radical (unpaired) electrons. The highest BCUT2D eigenvalue weighted by Gasteiger charge is 2.17. The lowest BCUT2D eigenvalue weighted by Gasteiger charge is -2.21. The Labute approximate surface area is 155 Å². The first-order chi connectivity index (χ1) is 12.8. The molecule has 1 aliphatic heterocycles. The molecular formula is C18H20N6OS. The second-order valence-electron chi connectivity index (χ2n) is 6.34. The van der Waals surface area contributed by atoms with Gasteiger partial charge in [-0.2, -0.15) is 15.0 Å². The van der Waals surface area contributed by atoms with Gasteiger partial charge in [-0.1, -0.05) is 0 Å². The molecule has 134 valence electrons. The monoisotopic (exact) mass is 368 g/mol. The fraction of sp³-hybridized carbons (Fsp3) is 0.333. The molecule has 1 aromatic carbocycles. The van der Waals surface area contributed by atoms with Crippen molar-refractivity contribution in [1.82, 2.24) is 25.3 Å². The molecule has 1 fully saturated rings. The van der Waals surface area contributed by atoms with Crippen molar-refractivity contribution in [3.63, 3.8) is 0 Å². The van der Waals surface area contributed by atoms with Gasteiger partial charge in [-0.25, -0.2) is 4.98 Å². The third kappa shape index (κ3) is 3.97. The van der Waals surface area contributed by atoms with Gasteiger partial charge >= 0.3 is 0 Å². The molecule has 0 bridgehead atoms. The van der Waals surface area contributed by atoms with Crippen LogP contribution in [0.4, 0.5) is 5.69 Å². The molecule has 0 spiro atoms. The van der Waals surface area contributed by atoms with Crippen LogP contribution in [0.1, 0.15) is 27.5 Å². The summed E-state index contributed by atoms with van der Waals surface area (Å²) in [4.78, 5) is 19.1. The van der Waals surface area contributed by atoms with Gasteiger partial charge in [0.15, 0.2) is 0 Å². The van der Waals surface area contributed by atoms with Gasteiger partial charge in [0, 0.05) is 12.1 Å². The highest BCUT2D eigenvalue weighted by atomic mass is 32.1. The van der Waals surface area contributed by atoms with E-state index in [4.69, 9.17) is 0 Å². The highest BCUT2D eigenvalue weighted by Crippen LogP contribution is 2.22. The number of benzene rings is 1. The largest absolute Gasteiger partial charge is 0.321 e. The maximum Gasteiger partial charge on any atom is 0.267 e. The number of carbonyl (C=O) groups excluding carboxylic acids is 1. The number of piperidine rings is 1. The van der Waals surface area contributed by atoms with Crippen molar-refractivity contribution in [1.29, 1.82) is 0 Å². The van der Waals surface area contributed by atoms with E-state index in [0.29, 0.717) is 10.8 Å². The second kappa shape index (κ2) is 7.76. The predicted molar refractivity (Wildman–Crippen MR) is 101 cm³/mol. The number of nitrogens with zero attached hydrogens (tertiary/aromatic N) is 4. The van der Waals surface area contributed by atoms with Gasteiger partial charge < -0.3 is 10.6 Å². The van der Waals surface area contributed by atoms with Gasteiger partial charge in [0.05, 0.1) is 29.3 Å². The van der Waals surface area contributed by atoms with Crippen LogP contribution in [-0.2, 0) is 6.42 Å². The predicted octanol–water partition coefficient (Wildman–Crippen LogP) is 2.52. The molecule has 2 aromatic heterocycles. The zero-order chi connectivity index (χ0) is 17.8. The van der Waals surface area contributed by atoms with E-state index in [0.717, 1.165) is 35.9 Å². The lowest BCUT2D eigenvalue weighted by Crippen LogP contribution is -2.28. The summed E-state index contributed by atoms with van der Waals surface area (Å²) >= 11 is 1.49. The minimum Gasteiger partial charge on any atom is -0.321 e. The van der Waals surface area contributed by atoms with Crippen molar-refractivity contribution < 1.29 is 4.79 Å². The number of nitrogens with one attached hydrogen (secondary N) is 2. The van der Waals surface area contributed by atoms with E-state index in [2.05, 4.69) is 25.8 Å². The van der Waals surface area contributed by atoms with Crippen LogP contribution in [0, 0.1) is 5.92 Å². The molecule has 3 heterocycles. The number of amides is 1. The molecular weight excluding hydrogens is 348 g/mol. The third-order valence-corrected chi connectivity index (χ3v) is 5.49. The molecule has 0 saturated carbocycles. The Hall–Kier alpha value is -2.58. The van der Waals surface area contributed by atoms with Gasteiger partial charge in [-0.05, 0) is 56.1 Å². The van der Waals surface area contributed by atoms with Gasteiger partial charge in [0.25, 0.3) is 5.91 Å². The number of hydrogen-bond donors (Lipinski definition) is 2. The Balaban J connectivity index is 1.37. The number of aromatic nitrogens is 4. The molecule has 2 N–H and O–H groups in total. The molecule has 26 heavy (non-hydrogen) atoms.